The summed E-state index contributed by atoms with van der Waals surface area (Å²) in [5, 5.41) is 0. The highest BCUT2D eigenvalue weighted by molar-refractivity contribution is 5.94. The number of aryl methyl sites for hydroxylation is 2. The van der Waals surface area contributed by atoms with Crippen molar-refractivity contribution >= 4 is 5.91 Å². The number of nitrogens with zero attached hydrogens (tertiary/aromatic N) is 3. The zero-order chi connectivity index (χ0) is 22.0. The van der Waals surface area contributed by atoms with E-state index >= 15 is 0 Å². The SMILES string of the molecule is COc1cccc(-c2cc(C)nc(C3CCCN(C(=O)c4ccc(=O)n(C)c4)C3)c2)c1. The van der Waals surface area contributed by atoms with Gasteiger partial charge in [0.25, 0.3) is 5.91 Å². The third-order valence-electron chi connectivity index (χ3n) is 5.84. The Balaban J connectivity index is 1.59. The lowest BCUT2D eigenvalue weighted by atomic mass is 9.92. The van der Waals surface area contributed by atoms with E-state index in [1.807, 2.05) is 30.0 Å². The molecule has 1 fully saturated rings. The molecule has 2 aromatic heterocycles. The monoisotopic (exact) mass is 417 g/mol. The average molecular weight is 418 g/mol. The predicted octanol–water partition coefficient (Wildman–Crippen LogP) is 3.78. The van der Waals surface area contributed by atoms with Crippen LogP contribution in [0.3, 0.4) is 0 Å². The Labute approximate surface area is 182 Å². The number of aromatic nitrogens is 2. The number of hydrogen-bond acceptors (Lipinski definition) is 4. The first-order valence-electron chi connectivity index (χ1n) is 10.5. The number of ether oxygens (including phenoxy) is 1. The fraction of sp³-hybridized carbons (Fsp3) is 0.320. The lowest BCUT2D eigenvalue weighted by Crippen LogP contribution is -2.39. The molecule has 31 heavy (non-hydrogen) atoms. The molecule has 1 aliphatic rings. The van der Waals surface area contributed by atoms with Gasteiger partial charge in [0.15, 0.2) is 0 Å². The van der Waals surface area contributed by atoms with Crippen molar-refractivity contribution in [3.63, 3.8) is 0 Å². The van der Waals surface area contributed by atoms with Crippen molar-refractivity contribution in [3.05, 3.63) is 82.0 Å². The average Bonchev–Trinajstić information content (AvgIpc) is 2.80. The molecule has 3 aromatic rings. The van der Waals surface area contributed by atoms with Crippen molar-refractivity contribution in [1.82, 2.24) is 14.5 Å². The van der Waals surface area contributed by atoms with E-state index in [0.29, 0.717) is 18.7 Å². The van der Waals surface area contributed by atoms with Crippen molar-refractivity contribution in [1.29, 1.82) is 0 Å². The molecule has 1 aliphatic heterocycles. The van der Waals surface area contributed by atoms with Gasteiger partial charge in [-0.25, -0.2) is 0 Å². The van der Waals surface area contributed by atoms with Crippen LogP contribution in [0.15, 0.2) is 59.5 Å². The molecule has 0 bridgehead atoms. The number of carbonyl (C=O) groups is 1. The van der Waals surface area contributed by atoms with Crippen molar-refractivity contribution in [2.45, 2.75) is 25.7 Å². The van der Waals surface area contributed by atoms with E-state index in [-0.39, 0.29) is 17.4 Å². The second-order valence-corrected chi connectivity index (χ2v) is 8.11. The highest BCUT2D eigenvalue weighted by atomic mass is 16.5. The van der Waals surface area contributed by atoms with E-state index in [1.54, 1.807) is 26.4 Å². The van der Waals surface area contributed by atoms with Crippen LogP contribution in [0.25, 0.3) is 11.1 Å². The highest BCUT2D eigenvalue weighted by Crippen LogP contribution is 2.31. The molecule has 0 spiro atoms. The first-order valence-corrected chi connectivity index (χ1v) is 10.5. The summed E-state index contributed by atoms with van der Waals surface area (Å²) in [6.45, 7) is 3.34. The molecule has 4 rings (SSSR count). The minimum absolute atomic E-state index is 0.0408. The summed E-state index contributed by atoms with van der Waals surface area (Å²) in [5.74, 6) is 0.954. The largest absolute Gasteiger partial charge is 0.497 e. The quantitative estimate of drug-likeness (QED) is 0.648. The number of piperidine rings is 1. The number of methoxy groups -OCH3 is 1. The summed E-state index contributed by atoms with van der Waals surface area (Å²) in [7, 11) is 3.33. The van der Waals surface area contributed by atoms with E-state index in [9.17, 15) is 9.59 Å². The molecule has 6 nitrogen and oxygen atoms in total. The molecule has 160 valence electrons. The highest BCUT2D eigenvalue weighted by Gasteiger charge is 2.27. The topological polar surface area (TPSA) is 64.4 Å². The number of pyridine rings is 2. The minimum Gasteiger partial charge on any atom is -0.497 e. The Kier molecular flexibility index (Phi) is 5.89. The lowest BCUT2D eigenvalue weighted by molar-refractivity contribution is 0.0705. The zero-order valence-corrected chi connectivity index (χ0v) is 18.2. The Morgan fingerprint density at radius 1 is 1.13 bits per heavy atom. The first kappa shape index (κ1) is 20.8. The van der Waals surface area contributed by atoms with E-state index in [4.69, 9.17) is 9.72 Å². The number of carbonyl (C=O) groups excluding carboxylic acids is 1. The zero-order valence-electron chi connectivity index (χ0n) is 18.2. The first-order chi connectivity index (χ1) is 14.9. The summed E-state index contributed by atoms with van der Waals surface area (Å²) in [5.41, 5.74) is 4.56. The number of benzene rings is 1. The van der Waals surface area contributed by atoms with Gasteiger partial charge < -0.3 is 14.2 Å². The maximum Gasteiger partial charge on any atom is 0.255 e. The van der Waals surface area contributed by atoms with Crippen LogP contribution in [-0.4, -0.2) is 40.6 Å². The van der Waals surface area contributed by atoms with Gasteiger partial charge in [-0.2, -0.15) is 0 Å². The lowest BCUT2D eigenvalue weighted by Gasteiger charge is -2.33. The fourth-order valence-electron chi connectivity index (χ4n) is 4.18. The summed E-state index contributed by atoms with van der Waals surface area (Å²) in [4.78, 5) is 31.4. The molecule has 1 atom stereocenters. The van der Waals surface area contributed by atoms with E-state index in [1.165, 1.54) is 10.6 Å². The normalized spacial score (nSPS) is 16.2. The van der Waals surface area contributed by atoms with E-state index in [0.717, 1.165) is 41.1 Å². The molecule has 0 N–H and O–H groups in total. The van der Waals surface area contributed by atoms with Crippen LogP contribution in [-0.2, 0) is 7.05 Å². The summed E-state index contributed by atoms with van der Waals surface area (Å²) < 4.78 is 6.81. The van der Waals surface area contributed by atoms with Gasteiger partial charge in [0.2, 0.25) is 5.56 Å². The number of likely N-dealkylation sites (tertiary alicyclic amines) is 1. The van der Waals surface area contributed by atoms with Gasteiger partial charge in [0, 0.05) is 49.7 Å². The van der Waals surface area contributed by atoms with Crippen LogP contribution in [0.1, 0.15) is 40.5 Å². The fourth-order valence-corrected chi connectivity index (χ4v) is 4.18. The summed E-state index contributed by atoms with van der Waals surface area (Å²) in [6.07, 6.45) is 3.53. The van der Waals surface area contributed by atoms with Gasteiger partial charge >= 0.3 is 0 Å². The smallest absolute Gasteiger partial charge is 0.255 e. The van der Waals surface area contributed by atoms with Crippen molar-refractivity contribution in [2.75, 3.05) is 20.2 Å². The number of hydrogen-bond donors (Lipinski definition) is 0. The predicted molar refractivity (Wildman–Crippen MR) is 121 cm³/mol. The molecule has 0 aliphatic carbocycles. The second-order valence-electron chi connectivity index (χ2n) is 8.11. The van der Waals surface area contributed by atoms with Crippen molar-refractivity contribution in [3.8, 4) is 16.9 Å². The van der Waals surface area contributed by atoms with E-state index in [2.05, 4.69) is 18.2 Å². The van der Waals surface area contributed by atoms with Gasteiger partial charge in [-0.15, -0.1) is 0 Å². The molecule has 6 heteroatoms. The number of rotatable bonds is 4. The third-order valence-corrected chi connectivity index (χ3v) is 5.84. The standard InChI is InChI=1S/C25H27N3O3/c1-17-12-21(18-6-4-8-22(13-18)31-3)14-23(26-17)19-7-5-11-28(16-19)25(30)20-9-10-24(29)27(2)15-20/h4,6,8-10,12-15,19H,5,7,11,16H2,1-3H3. The Morgan fingerprint density at radius 3 is 2.74 bits per heavy atom. The van der Waals surface area contributed by atoms with Gasteiger partial charge in [-0.1, -0.05) is 12.1 Å². The van der Waals surface area contributed by atoms with Crippen LogP contribution in [0.4, 0.5) is 0 Å². The maximum atomic E-state index is 13.0. The molecular weight excluding hydrogens is 390 g/mol. The van der Waals surface area contributed by atoms with Crippen LogP contribution in [0.2, 0.25) is 0 Å². The third kappa shape index (κ3) is 4.53. The minimum atomic E-state index is -0.123. The molecule has 0 saturated carbocycles. The van der Waals surface area contributed by atoms with Crippen molar-refractivity contribution < 1.29 is 9.53 Å². The molecule has 1 aromatic carbocycles. The van der Waals surface area contributed by atoms with Gasteiger partial charge in [-0.3, -0.25) is 14.6 Å². The van der Waals surface area contributed by atoms with Gasteiger partial charge in [-0.05, 0) is 61.2 Å². The van der Waals surface area contributed by atoms with Gasteiger partial charge in [0.1, 0.15) is 5.75 Å². The van der Waals surface area contributed by atoms with Crippen LogP contribution >= 0.6 is 0 Å². The van der Waals surface area contributed by atoms with E-state index < -0.39 is 0 Å². The number of amides is 1. The van der Waals surface area contributed by atoms with Crippen LogP contribution in [0, 0.1) is 6.92 Å². The van der Waals surface area contributed by atoms with Gasteiger partial charge in [0.05, 0.1) is 12.7 Å². The van der Waals surface area contributed by atoms with Crippen molar-refractivity contribution in [2.24, 2.45) is 7.05 Å². The Bertz CT molecular complexity index is 1170. The molecule has 3 heterocycles. The summed E-state index contributed by atoms with van der Waals surface area (Å²) >= 11 is 0. The molecule has 1 saturated heterocycles. The molecular formula is C25H27N3O3. The van der Waals surface area contributed by atoms with Crippen LogP contribution < -0.4 is 10.3 Å². The molecule has 0 radical (unpaired) electrons. The van der Waals surface area contributed by atoms with Crippen LogP contribution in [0.5, 0.6) is 5.75 Å². The maximum absolute atomic E-state index is 13.0. The Hall–Kier alpha value is -3.41. The Morgan fingerprint density at radius 2 is 1.97 bits per heavy atom. The summed E-state index contributed by atoms with van der Waals surface area (Å²) in [6, 6.07) is 15.3. The molecule has 1 amide bonds. The second kappa shape index (κ2) is 8.76. The molecule has 1 unspecified atom stereocenters.